The van der Waals surface area contributed by atoms with E-state index >= 15 is 0 Å². The molecule has 0 aliphatic carbocycles. The van der Waals surface area contributed by atoms with Crippen molar-refractivity contribution in [3.05, 3.63) is 23.8 Å². The summed E-state index contributed by atoms with van der Waals surface area (Å²) in [5.41, 5.74) is 0.827. The number of piperidine rings is 1. The van der Waals surface area contributed by atoms with Crippen molar-refractivity contribution in [2.24, 2.45) is 0 Å². The number of carbonyl (C=O) groups is 1. The molecular formula is C17H27N3O5S. The van der Waals surface area contributed by atoms with Gasteiger partial charge >= 0.3 is 0 Å². The minimum absolute atomic E-state index is 0.0174. The molecule has 0 unspecified atom stereocenters. The van der Waals surface area contributed by atoms with E-state index in [1.54, 1.807) is 26.4 Å². The average molecular weight is 385 g/mol. The highest BCUT2D eigenvalue weighted by Crippen LogP contribution is 2.27. The van der Waals surface area contributed by atoms with Gasteiger partial charge in [-0.25, -0.2) is 0 Å². The fourth-order valence-electron chi connectivity index (χ4n) is 2.92. The normalized spacial score (nSPS) is 16.5. The van der Waals surface area contributed by atoms with E-state index in [9.17, 15) is 13.2 Å². The summed E-state index contributed by atoms with van der Waals surface area (Å²) in [6, 6.07) is 5.36. The smallest absolute Gasteiger partial charge is 0.281 e. The molecule has 0 atom stereocenters. The monoisotopic (exact) mass is 385 g/mol. The Hall–Kier alpha value is -1.84. The van der Waals surface area contributed by atoms with Crippen LogP contribution >= 0.6 is 0 Å². The van der Waals surface area contributed by atoms with Crippen molar-refractivity contribution in [1.29, 1.82) is 0 Å². The predicted octanol–water partition coefficient (Wildman–Crippen LogP) is 0.633. The van der Waals surface area contributed by atoms with Gasteiger partial charge in [-0.15, -0.1) is 0 Å². The van der Waals surface area contributed by atoms with Gasteiger partial charge in [0.25, 0.3) is 10.2 Å². The third kappa shape index (κ3) is 4.87. The molecule has 1 N–H and O–H groups in total. The van der Waals surface area contributed by atoms with Gasteiger partial charge in [0, 0.05) is 33.2 Å². The van der Waals surface area contributed by atoms with Crippen molar-refractivity contribution in [1.82, 2.24) is 13.9 Å². The zero-order chi connectivity index (χ0) is 19.3. The number of benzene rings is 1. The zero-order valence-corrected chi connectivity index (χ0v) is 16.5. The van der Waals surface area contributed by atoms with E-state index in [1.807, 2.05) is 6.07 Å². The lowest BCUT2D eigenvalue weighted by atomic mass is 10.1. The molecule has 146 valence electrons. The molecule has 0 spiro atoms. The Morgan fingerprint density at radius 1 is 1.19 bits per heavy atom. The van der Waals surface area contributed by atoms with Crippen LogP contribution in [0.3, 0.4) is 0 Å². The van der Waals surface area contributed by atoms with Gasteiger partial charge in [-0.05, 0) is 30.5 Å². The first kappa shape index (κ1) is 20.5. The van der Waals surface area contributed by atoms with E-state index < -0.39 is 10.2 Å². The molecule has 1 aliphatic rings. The van der Waals surface area contributed by atoms with E-state index in [4.69, 9.17) is 9.47 Å². The first-order valence-corrected chi connectivity index (χ1v) is 9.85. The molecule has 1 saturated heterocycles. The molecule has 9 heteroatoms. The summed E-state index contributed by atoms with van der Waals surface area (Å²) in [7, 11) is 2.77. The largest absolute Gasteiger partial charge is 0.493 e. The summed E-state index contributed by atoms with van der Waals surface area (Å²) in [5, 5.41) is 2.99. The molecule has 8 nitrogen and oxygen atoms in total. The van der Waals surface area contributed by atoms with Gasteiger partial charge < -0.3 is 14.8 Å². The minimum Gasteiger partial charge on any atom is -0.493 e. The molecular weight excluding hydrogens is 358 g/mol. The second-order valence-corrected chi connectivity index (χ2v) is 8.54. The van der Waals surface area contributed by atoms with Crippen LogP contribution in [0.2, 0.25) is 0 Å². The Labute approximate surface area is 155 Å². The van der Waals surface area contributed by atoms with Gasteiger partial charge in [-0.1, -0.05) is 6.07 Å². The van der Waals surface area contributed by atoms with Crippen molar-refractivity contribution in [3.8, 4) is 11.5 Å². The highest BCUT2D eigenvalue weighted by molar-refractivity contribution is 7.86. The highest BCUT2D eigenvalue weighted by Gasteiger charge is 2.29. The van der Waals surface area contributed by atoms with E-state index in [1.165, 1.54) is 22.7 Å². The topological polar surface area (TPSA) is 88.2 Å². The van der Waals surface area contributed by atoms with Crippen LogP contribution in [0, 0.1) is 0 Å². The van der Waals surface area contributed by atoms with Crippen LogP contribution in [-0.4, -0.2) is 70.4 Å². The highest BCUT2D eigenvalue weighted by atomic mass is 32.2. The molecule has 1 heterocycles. The van der Waals surface area contributed by atoms with E-state index in [2.05, 4.69) is 5.32 Å². The van der Waals surface area contributed by atoms with Crippen molar-refractivity contribution in [3.63, 3.8) is 0 Å². The number of nitrogens with one attached hydrogen (secondary N) is 1. The summed E-state index contributed by atoms with van der Waals surface area (Å²) < 4.78 is 37.3. The third-order valence-corrected chi connectivity index (χ3v) is 6.36. The summed E-state index contributed by atoms with van der Waals surface area (Å²) in [6.45, 7) is 0.809. The van der Waals surface area contributed by atoms with Gasteiger partial charge in [0.2, 0.25) is 5.91 Å². The van der Waals surface area contributed by atoms with Crippen molar-refractivity contribution in [2.45, 2.75) is 25.3 Å². The van der Waals surface area contributed by atoms with Crippen LogP contribution < -0.4 is 14.8 Å². The van der Waals surface area contributed by atoms with Crippen molar-refractivity contribution < 1.29 is 22.7 Å². The van der Waals surface area contributed by atoms with Crippen molar-refractivity contribution in [2.75, 3.05) is 41.4 Å². The average Bonchev–Trinajstić information content (AvgIpc) is 2.61. The Morgan fingerprint density at radius 2 is 1.81 bits per heavy atom. The van der Waals surface area contributed by atoms with Gasteiger partial charge in [-0.2, -0.15) is 17.0 Å². The lowest BCUT2D eigenvalue weighted by Crippen LogP contribution is -2.49. The van der Waals surface area contributed by atoms with Gasteiger partial charge in [0.05, 0.1) is 20.6 Å². The van der Waals surface area contributed by atoms with Crippen LogP contribution in [0.25, 0.3) is 0 Å². The number of methoxy groups -OCH3 is 2. The first-order valence-electron chi connectivity index (χ1n) is 8.45. The third-order valence-electron chi connectivity index (χ3n) is 4.42. The van der Waals surface area contributed by atoms with Gasteiger partial charge in [0.1, 0.15) is 0 Å². The van der Waals surface area contributed by atoms with E-state index in [0.29, 0.717) is 37.4 Å². The molecule has 1 fully saturated rings. The van der Waals surface area contributed by atoms with Crippen LogP contribution in [0.15, 0.2) is 18.2 Å². The Morgan fingerprint density at radius 3 is 2.35 bits per heavy atom. The fourth-order valence-corrected chi connectivity index (χ4v) is 4.05. The van der Waals surface area contributed by atoms with E-state index in [0.717, 1.165) is 5.56 Å². The summed E-state index contributed by atoms with van der Waals surface area (Å²) in [5.74, 6) is 1.11. The number of ether oxygens (including phenoxy) is 2. The Bertz CT molecular complexity index is 728. The van der Waals surface area contributed by atoms with E-state index in [-0.39, 0.29) is 18.4 Å². The first-order chi connectivity index (χ1) is 12.3. The maximum atomic E-state index is 12.3. The quantitative estimate of drug-likeness (QED) is 0.744. The summed E-state index contributed by atoms with van der Waals surface area (Å²) in [4.78, 5) is 12.3. The summed E-state index contributed by atoms with van der Waals surface area (Å²) in [6.07, 6.45) is 1.44. The second-order valence-electron chi connectivity index (χ2n) is 6.40. The SMILES string of the molecule is COc1ccc(CC(=O)NC2CCN(S(=O)(=O)N(C)C)CC2)cc1OC. The van der Waals surface area contributed by atoms with Crippen LogP contribution in [0.5, 0.6) is 11.5 Å². The van der Waals surface area contributed by atoms with Crippen LogP contribution in [0.4, 0.5) is 0 Å². The Kier molecular flexibility index (Phi) is 6.85. The molecule has 0 radical (unpaired) electrons. The molecule has 1 aliphatic heterocycles. The number of carbonyl (C=O) groups excluding carboxylic acids is 1. The standard InChI is InChI=1S/C17H27N3O5S/c1-19(2)26(22,23)20-9-7-14(8-10-20)18-17(21)12-13-5-6-15(24-3)16(11-13)25-4/h5-6,11,14H,7-10,12H2,1-4H3,(H,18,21). The molecule has 26 heavy (non-hydrogen) atoms. The maximum Gasteiger partial charge on any atom is 0.281 e. The number of hydrogen-bond acceptors (Lipinski definition) is 5. The molecule has 1 amide bonds. The lowest BCUT2D eigenvalue weighted by Gasteiger charge is -2.33. The molecule has 1 aromatic rings. The second kappa shape index (κ2) is 8.70. The van der Waals surface area contributed by atoms with Crippen LogP contribution in [0.1, 0.15) is 18.4 Å². The lowest BCUT2D eigenvalue weighted by molar-refractivity contribution is -0.121. The van der Waals surface area contributed by atoms with Gasteiger partial charge in [0.15, 0.2) is 11.5 Å². The molecule has 2 rings (SSSR count). The van der Waals surface area contributed by atoms with Gasteiger partial charge in [-0.3, -0.25) is 4.79 Å². The zero-order valence-electron chi connectivity index (χ0n) is 15.7. The molecule has 0 saturated carbocycles. The molecule has 0 aromatic heterocycles. The number of rotatable bonds is 7. The molecule has 0 bridgehead atoms. The van der Waals surface area contributed by atoms with Crippen molar-refractivity contribution >= 4 is 16.1 Å². The van der Waals surface area contributed by atoms with Crippen LogP contribution in [-0.2, 0) is 21.4 Å². The number of amides is 1. The summed E-state index contributed by atoms with van der Waals surface area (Å²) >= 11 is 0. The molecule has 1 aromatic carbocycles. The maximum absolute atomic E-state index is 12.3. The fraction of sp³-hybridized carbons (Fsp3) is 0.588. The number of hydrogen-bond donors (Lipinski definition) is 1. The Balaban J connectivity index is 1.88. The minimum atomic E-state index is -3.39. The predicted molar refractivity (Wildman–Crippen MR) is 98.6 cm³/mol. The number of nitrogens with zero attached hydrogens (tertiary/aromatic N) is 2.